The van der Waals surface area contributed by atoms with Crippen molar-refractivity contribution in [3.63, 3.8) is 0 Å². The van der Waals surface area contributed by atoms with E-state index in [4.69, 9.17) is 5.73 Å². The number of nitrogens with zero attached hydrogens (tertiary/aromatic N) is 4. The zero-order valence-corrected chi connectivity index (χ0v) is 9.62. The van der Waals surface area contributed by atoms with Gasteiger partial charge in [0.15, 0.2) is 0 Å². The molecule has 0 radical (unpaired) electrons. The van der Waals surface area contributed by atoms with E-state index in [9.17, 15) is 4.39 Å². The van der Waals surface area contributed by atoms with Crippen molar-refractivity contribution in [2.75, 3.05) is 5.73 Å². The SMILES string of the molecule is Nc1nc2ccc(F)cc2n1CCn1cccn1. The van der Waals surface area contributed by atoms with Crippen molar-refractivity contribution in [1.82, 2.24) is 19.3 Å². The molecule has 2 N–H and O–H groups in total. The summed E-state index contributed by atoms with van der Waals surface area (Å²) in [7, 11) is 0. The zero-order chi connectivity index (χ0) is 12.5. The van der Waals surface area contributed by atoms with Gasteiger partial charge in [-0.3, -0.25) is 4.68 Å². The van der Waals surface area contributed by atoms with Gasteiger partial charge in [0.2, 0.25) is 5.95 Å². The highest BCUT2D eigenvalue weighted by Crippen LogP contribution is 2.18. The lowest BCUT2D eigenvalue weighted by Gasteiger charge is -2.06. The van der Waals surface area contributed by atoms with Crippen molar-refractivity contribution in [3.05, 3.63) is 42.5 Å². The normalized spacial score (nSPS) is 11.2. The summed E-state index contributed by atoms with van der Waals surface area (Å²) in [5.74, 6) is 0.102. The number of nitrogens with two attached hydrogens (primary N) is 1. The average molecular weight is 245 g/mol. The van der Waals surface area contributed by atoms with Crippen LogP contribution in [-0.2, 0) is 13.1 Å². The van der Waals surface area contributed by atoms with Crippen LogP contribution in [0.4, 0.5) is 10.3 Å². The van der Waals surface area contributed by atoms with Crippen LogP contribution in [0.15, 0.2) is 36.7 Å². The van der Waals surface area contributed by atoms with E-state index in [1.807, 2.05) is 12.3 Å². The number of benzene rings is 1. The highest BCUT2D eigenvalue weighted by atomic mass is 19.1. The van der Waals surface area contributed by atoms with Crippen molar-refractivity contribution < 1.29 is 4.39 Å². The fourth-order valence-electron chi connectivity index (χ4n) is 1.98. The van der Waals surface area contributed by atoms with E-state index in [1.165, 1.54) is 12.1 Å². The lowest BCUT2D eigenvalue weighted by Crippen LogP contribution is -2.10. The Hall–Kier alpha value is -2.37. The maximum atomic E-state index is 13.2. The molecule has 0 atom stereocenters. The van der Waals surface area contributed by atoms with Gasteiger partial charge >= 0.3 is 0 Å². The highest BCUT2D eigenvalue weighted by molar-refractivity contribution is 5.78. The largest absolute Gasteiger partial charge is 0.369 e. The Bertz CT molecular complexity index is 671. The van der Waals surface area contributed by atoms with Gasteiger partial charge in [-0.25, -0.2) is 9.37 Å². The van der Waals surface area contributed by atoms with Gasteiger partial charge < -0.3 is 10.3 Å². The van der Waals surface area contributed by atoms with Crippen molar-refractivity contribution in [2.24, 2.45) is 0 Å². The molecule has 5 nitrogen and oxygen atoms in total. The minimum Gasteiger partial charge on any atom is -0.369 e. The number of hydrogen-bond donors (Lipinski definition) is 1. The Morgan fingerprint density at radius 3 is 2.94 bits per heavy atom. The summed E-state index contributed by atoms with van der Waals surface area (Å²) in [6.45, 7) is 1.27. The molecule has 0 amide bonds. The second-order valence-electron chi connectivity index (χ2n) is 4.02. The van der Waals surface area contributed by atoms with Gasteiger partial charge in [-0.1, -0.05) is 0 Å². The molecule has 3 rings (SSSR count). The van der Waals surface area contributed by atoms with Crippen LogP contribution in [0.3, 0.4) is 0 Å². The summed E-state index contributed by atoms with van der Waals surface area (Å²) in [4.78, 5) is 4.20. The summed E-state index contributed by atoms with van der Waals surface area (Å²) < 4.78 is 16.8. The molecule has 0 saturated carbocycles. The van der Waals surface area contributed by atoms with Crippen molar-refractivity contribution in [2.45, 2.75) is 13.1 Å². The van der Waals surface area contributed by atoms with Crippen LogP contribution < -0.4 is 5.73 Å². The Kier molecular flexibility index (Phi) is 2.47. The molecule has 3 aromatic rings. The summed E-state index contributed by atoms with van der Waals surface area (Å²) in [5, 5.41) is 4.11. The maximum absolute atomic E-state index is 13.2. The maximum Gasteiger partial charge on any atom is 0.201 e. The molecule has 6 heteroatoms. The predicted octanol–water partition coefficient (Wildman–Crippen LogP) is 1.65. The number of fused-ring (bicyclic) bond motifs is 1. The first-order valence-corrected chi connectivity index (χ1v) is 5.63. The third-order valence-electron chi connectivity index (χ3n) is 2.85. The molecule has 0 aliphatic rings. The summed E-state index contributed by atoms with van der Waals surface area (Å²) in [6, 6.07) is 6.31. The lowest BCUT2D eigenvalue weighted by atomic mass is 10.3. The molecule has 2 heterocycles. The van der Waals surface area contributed by atoms with Gasteiger partial charge in [0, 0.05) is 18.9 Å². The first kappa shape index (κ1) is 10.8. The van der Waals surface area contributed by atoms with E-state index >= 15 is 0 Å². The Morgan fingerprint density at radius 2 is 2.17 bits per heavy atom. The molecule has 2 aromatic heterocycles. The van der Waals surface area contributed by atoms with E-state index in [0.717, 1.165) is 0 Å². The minimum atomic E-state index is -0.289. The van der Waals surface area contributed by atoms with Crippen LogP contribution in [0, 0.1) is 5.82 Å². The van der Waals surface area contributed by atoms with Crippen LogP contribution >= 0.6 is 0 Å². The molecular formula is C12H12FN5. The van der Waals surface area contributed by atoms with E-state index in [1.54, 1.807) is 21.5 Å². The van der Waals surface area contributed by atoms with Gasteiger partial charge in [0.05, 0.1) is 17.6 Å². The summed E-state index contributed by atoms with van der Waals surface area (Å²) >= 11 is 0. The van der Waals surface area contributed by atoms with E-state index < -0.39 is 0 Å². The Morgan fingerprint density at radius 1 is 1.28 bits per heavy atom. The van der Waals surface area contributed by atoms with Gasteiger partial charge in [0.25, 0.3) is 0 Å². The van der Waals surface area contributed by atoms with Crippen LogP contribution in [0.5, 0.6) is 0 Å². The van der Waals surface area contributed by atoms with Crippen molar-refractivity contribution >= 4 is 17.0 Å². The van der Waals surface area contributed by atoms with Gasteiger partial charge in [0.1, 0.15) is 5.82 Å². The van der Waals surface area contributed by atoms with Crippen molar-refractivity contribution in [1.29, 1.82) is 0 Å². The molecule has 92 valence electrons. The van der Waals surface area contributed by atoms with Gasteiger partial charge in [-0.15, -0.1) is 0 Å². The fourth-order valence-corrected chi connectivity index (χ4v) is 1.98. The average Bonchev–Trinajstić information content (AvgIpc) is 2.94. The monoisotopic (exact) mass is 245 g/mol. The number of nitrogen functional groups attached to an aromatic ring is 1. The molecule has 0 aliphatic carbocycles. The number of halogens is 1. The van der Waals surface area contributed by atoms with Gasteiger partial charge in [-0.05, 0) is 24.3 Å². The number of imidazole rings is 1. The van der Waals surface area contributed by atoms with Gasteiger partial charge in [-0.2, -0.15) is 5.10 Å². The number of aromatic nitrogens is 4. The molecule has 0 aliphatic heterocycles. The molecule has 0 unspecified atom stereocenters. The molecule has 0 fully saturated rings. The van der Waals surface area contributed by atoms with Crippen LogP contribution in [0.1, 0.15) is 0 Å². The smallest absolute Gasteiger partial charge is 0.201 e. The third-order valence-corrected chi connectivity index (χ3v) is 2.85. The molecule has 0 spiro atoms. The quantitative estimate of drug-likeness (QED) is 0.763. The standard InChI is InChI=1S/C12H12FN5/c13-9-2-3-10-11(8-9)18(12(14)16-10)7-6-17-5-1-4-15-17/h1-5,8H,6-7H2,(H2,14,16). The molecule has 18 heavy (non-hydrogen) atoms. The van der Waals surface area contributed by atoms with Crippen LogP contribution in [-0.4, -0.2) is 19.3 Å². The first-order valence-electron chi connectivity index (χ1n) is 5.63. The Labute approximate surface area is 103 Å². The molecule has 1 aromatic carbocycles. The third kappa shape index (κ3) is 1.81. The van der Waals surface area contributed by atoms with E-state index in [2.05, 4.69) is 10.1 Å². The number of aryl methyl sites for hydroxylation is 2. The summed E-state index contributed by atoms with van der Waals surface area (Å²) in [5.41, 5.74) is 7.25. The topological polar surface area (TPSA) is 61.7 Å². The second kappa shape index (κ2) is 4.14. The fraction of sp³-hybridized carbons (Fsp3) is 0.167. The van der Waals surface area contributed by atoms with Crippen molar-refractivity contribution in [3.8, 4) is 0 Å². The van der Waals surface area contributed by atoms with Crippen LogP contribution in [0.2, 0.25) is 0 Å². The molecule has 0 bridgehead atoms. The van der Waals surface area contributed by atoms with Crippen LogP contribution in [0.25, 0.3) is 11.0 Å². The Balaban J connectivity index is 1.95. The van der Waals surface area contributed by atoms with E-state index in [-0.39, 0.29) is 5.82 Å². The number of rotatable bonds is 3. The second-order valence-corrected chi connectivity index (χ2v) is 4.02. The highest BCUT2D eigenvalue weighted by Gasteiger charge is 2.08. The summed E-state index contributed by atoms with van der Waals surface area (Å²) in [6.07, 6.45) is 3.59. The molecular weight excluding hydrogens is 233 g/mol. The predicted molar refractivity (Wildman–Crippen MR) is 66.3 cm³/mol. The minimum absolute atomic E-state index is 0.289. The lowest BCUT2D eigenvalue weighted by molar-refractivity contribution is 0.544. The van der Waals surface area contributed by atoms with E-state index in [0.29, 0.717) is 30.1 Å². The number of hydrogen-bond acceptors (Lipinski definition) is 3. The number of anilines is 1. The zero-order valence-electron chi connectivity index (χ0n) is 9.62. The molecule has 0 saturated heterocycles. The first-order chi connectivity index (χ1) is 8.74.